The predicted molar refractivity (Wildman–Crippen MR) is 122 cm³/mol. The first kappa shape index (κ1) is 21.8. The Kier molecular flexibility index (Phi) is 6.39. The van der Waals surface area contributed by atoms with Crippen LogP contribution < -0.4 is 14.2 Å². The molecule has 0 atom stereocenters. The molecular weight excluding hydrogens is 429 g/mol. The van der Waals surface area contributed by atoms with Gasteiger partial charge in [-0.2, -0.15) is 0 Å². The van der Waals surface area contributed by atoms with E-state index < -0.39 is 10.0 Å². The number of hydrogen-bond acceptors (Lipinski definition) is 4. The normalized spacial score (nSPS) is 11.4. The lowest BCUT2D eigenvalue weighted by molar-refractivity contribution is 0.306. The third kappa shape index (κ3) is 5.25. The third-order valence-corrected chi connectivity index (χ3v) is 6.44. The number of benzene rings is 4. The van der Waals surface area contributed by atoms with Crippen molar-refractivity contribution in [3.8, 4) is 11.5 Å². The van der Waals surface area contributed by atoms with Gasteiger partial charge in [-0.3, -0.25) is 0 Å². The van der Waals surface area contributed by atoms with Crippen molar-refractivity contribution in [1.29, 1.82) is 0 Å². The van der Waals surface area contributed by atoms with Crippen molar-refractivity contribution in [2.75, 3.05) is 7.11 Å². The molecular formula is C25H22FNO4S. The lowest BCUT2D eigenvalue weighted by atomic mass is 10.1. The van der Waals surface area contributed by atoms with E-state index in [2.05, 4.69) is 4.72 Å². The summed E-state index contributed by atoms with van der Waals surface area (Å²) in [4.78, 5) is 0.203. The van der Waals surface area contributed by atoms with Crippen LogP contribution in [0.1, 0.15) is 11.1 Å². The predicted octanol–water partition coefficient (Wildman–Crippen LogP) is 5.05. The fourth-order valence-corrected chi connectivity index (χ4v) is 4.26. The Morgan fingerprint density at radius 2 is 1.41 bits per heavy atom. The van der Waals surface area contributed by atoms with Gasteiger partial charge in [0.1, 0.15) is 23.9 Å². The van der Waals surface area contributed by atoms with Crippen LogP contribution in [-0.4, -0.2) is 15.5 Å². The van der Waals surface area contributed by atoms with Crippen LogP contribution in [0, 0.1) is 5.82 Å². The fourth-order valence-electron chi connectivity index (χ4n) is 3.21. The molecule has 7 heteroatoms. The van der Waals surface area contributed by atoms with E-state index in [0.717, 1.165) is 27.6 Å². The lowest BCUT2D eigenvalue weighted by Crippen LogP contribution is -2.23. The zero-order chi connectivity index (χ0) is 22.6. The van der Waals surface area contributed by atoms with E-state index in [9.17, 15) is 12.8 Å². The van der Waals surface area contributed by atoms with Gasteiger partial charge in [-0.25, -0.2) is 17.5 Å². The number of fused-ring (bicyclic) bond motifs is 1. The van der Waals surface area contributed by atoms with E-state index in [1.165, 1.54) is 12.1 Å². The zero-order valence-electron chi connectivity index (χ0n) is 17.4. The second kappa shape index (κ2) is 9.38. The smallest absolute Gasteiger partial charge is 0.240 e. The molecule has 0 saturated heterocycles. The summed E-state index contributed by atoms with van der Waals surface area (Å²) >= 11 is 0. The third-order valence-electron chi connectivity index (χ3n) is 5.04. The average Bonchev–Trinajstić information content (AvgIpc) is 2.82. The fraction of sp³-hybridized carbons (Fsp3) is 0.120. The number of hydrogen-bond donors (Lipinski definition) is 1. The van der Waals surface area contributed by atoms with Crippen molar-refractivity contribution in [2.45, 2.75) is 18.0 Å². The average molecular weight is 452 g/mol. The number of sulfonamides is 1. The minimum Gasteiger partial charge on any atom is -0.497 e. The first-order valence-electron chi connectivity index (χ1n) is 9.97. The van der Waals surface area contributed by atoms with E-state index in [-0.39, 0.29) is 17.3 Å². The molecule has 4 aromatic rings. The Morgan fingerprint density at radius 1 is 0.781 bits per heavy atom. The molecule has 0 radical (unpaired) electrons. The highest BCUT2D eigenvalue weighted by atomic mass is 32.2. The van der Waals surface area contributed by atoms with Gasteiger partial charge in [-0.1, -0.05) is 36.4 Å². The Balaban J connectivity index is 1.38. The number of halogens is 1. The molecule has 4 aromatic carbocycles. The maximum Gasteiger partial charge on any atom is 0.240 e. The van der Waals surface area contributed by atoms with E-state index in [4.69, 9.17) is 9.47 Å². The SMILES string of the molecule is COc1ccc2cc(S(=O)(=O)NCc3ccc(OCc4ccc(F)cc4)cc3)ccc2c1. The van der Waals surface area contributed by atoms with Crippen molar-refractivity contribution in [2.24, 2.45) is 0 Å². The Bertz CT molecular complexity index is 1320. The van der Waals surface area contributed by atoms with E-state index in [1.54, 1.807) is 67.8 Å². The summed E-state index contributed by atoms with van der Waals surface area (Å²) in [6.07, 6.45) is 0. The Labute approximate surface area is 186 Å². The van der Waals surface area contributed by atoms with Gasteiger partial charge in [0.15, 0.2) is 0 Å². The summed E-state index contributed by atoms with van der Waals surface area (Å²) in [5.41, 5.74) is 1.66. The minimum atomic E-state index is -3.67. The molecule has 0 aliphatic rings. The molecule has 0 amide bonds. The zero-order valence-corrected chi connectivity index (χ0v) is 18.2. The second-order valence-electron chi connectivity index (χ2n) is 7.26. The summed E-state index contributed by atoms with van der Waals surface area (Å²) in [5, 5.41) is 1.72. The number of ether oxygens (including phenoxy) is 2. The summed E-state index contributed by atoms with van der Waals surface area (Å²) in [6.45, 7) is 0.474. The van der Waals surface area contributed by atoms with Crippen LogP contribution in [0.3, 0.4) is 0 Å². The maximum atomic E-state index is 13.0. The van der Waals surface area contributed by atoms with Crippen molar-refractivity contribution in [3.63, 3.8) is 0 Å². The maximum absolute atomic E-state index is 13.0. The van der Waals surface area contributed by atoms with Crippen molar-refractivity contribution in [3.05, 3.63) is 102 Å². The summed E-state index contributed by atoms with van der Waals surface area (Å²) < 4.78 is 52.0. The van der Waals surface area contributed by atoms with Gasteiger partial charge < -0.3 is 9.47 Å². The molecule has 0 aromatic heterocycles. The van der Waals surface area contributed by atoms with Gasteiger partial charge in [0.25, 0.3) is 0 Å². The minimum absolute atomic E-state index is 0.154. The molecule has 32 heavy (non-hydrogen) atoms. The van der Waals surface area contributed by atoms with E-state index in [0.29, 0.717) is 12.4 Å². The van der Waals surface area contributed by atoms with E-state index in [1.807, 2.05) is 12.1 Å². The number of nitrogens with one attached hydrogen (secondary N) is 1. The second-order valence-corrected chi connectivity index (χ2v) is 9.03. The van der Waals surface area contributed by atoms with Crippen molar-refractivity contribution in [1.82, 2.24) is 4.72 Å². The number of methoxy groups -OCH3 is 1. The van der Waals surface area contributed by atoms with Crippen LogP contribution in [-0.2, 0) is 23.2 Å². The summed E-state index contributed by atoms with van der Waals surface area (Å²) in [6, 6.07) is 23.7. The molecule has 0 heterocycles. The molecule has 0 saturated carbocycles. The first-order valence-corrected chi connectivity index (χ1v) is 11.4. The van der Waals surface area contributed by atoms with Gasteiger partial charge in [0, 0.05) is 6.54 Å². The molecule has 164 valence electrons. The van der Waals surface area contributed by atoms with Crippen LogP contribution >= 0.6 is 0 Å². The molecule has 0 spiro atoms. The molecule has 0 unspecified atom stereocenters. The van der Waals surface area contributed by atoms with Crippen LogP contribution in [0.5, 0.6) is 11.5 Å². The van der Waals surface area contributed by atoms with Gasteiger partial charge in [-0.05, 0) is 70.4 Å². The van der Waals surface area contributed by atoms with Crippen LogP contribution in [0.15, 0.2) is 89.8 Å². The van der Waals surface area contributed by atoms with Crippen LogP contribution in [0.4, 0.5) is 4.39 Å². The van der Waals surface area contributed by atoms with Gasteiger partial charge in [0.2, 0.25) is 10.0 Å². The topological polar surface area (TPSA) is 64.6 Å². The monoisotopic (exact) mass is 451 g/mol. The van der Waals surface area contributed by atoms with Crippen LogP contribution in [0.25, 0.3) is 10.8 Å². The molecule has 0 bridgehead atoms. The van der Waals surface area contributed by atoms with Crippen molar-refractivity contribution < 1.29 is 22.3 Å². The van der Waals surface area contributed by atoms with Gasteiger partial charge in [-0.15, -0.1) is 0 Å². The molecule has 0 aliphatic carbocycles. The standard InChI is InChI=1S/C25H22FNO4S/c1-30-24-12-6-21-15-25(13-7-20(21)14-24)32(28,29)27-16-18-4-10-23(11-5-18)31-17-19-2-8-22(26)9-3-19/h2-15,27H,16-17H2,1H3. The number of rotatable bonds is 8. The highest BCUT2D eigenvalue weighted by molar-refractivity contribution is 7.89. The Morgan fingerprint density at radius 3 is 2.12 bits per heavy atom. The highest BCUT2D eigenvalue weighted by Crippen LogP contribution is 2.24. The van der Waals surface area contributed by atoms with Crippen molar-refractivity contribution >= 4 is 20.8 Å². The van der Waals surface area contributed by atoms with Crippen LogP contribution in [0.2, 0.25) is 0 Å². The first-order chi connectivity index (χ1) is 15.4. The molecule has 5 nitrogen and oxygen atoms in total. The molecule has 4 rings (SSSR count). The molecule has 0 aliphatic heterocycles. The molecule has 1 N–H and O–H groups in total. The quantitative estimate of drug-likeness (QED) is 0.407. The highest BCUT2D eigenvalue weighted by Gasteiger charge is 2.14. The largest absolute Gasteiger partial charge is 0.497 e. The summed E-state index contributed by atoms with van der Waals surface area (Å²) in [7, 11) is -2.08. The Hall–Kier alpha value is -3.42. The molecule has 0 fully saturated rings. The van der Waals surface area contributed by atoms with Gasteiger partial charge >= 0.3 is 0 Å². The van der Waals surface area contributed by atoms with Gasteiger partial charge in [0.05, 0.1) is 12.0 Å². The van der Waals surface area contributed by atoms with E-state index >= 15 is 0 Å². The summed E-state index contributed by atoms with van der Waals surface area (Å²) in [5.74, 6) is 1.08. The lowest BCUT2D eigenvalue weighted by Gasteiger charge is -2.10.